The third-order valence-electron chi connectivity index (χ3n) is 8.24. The van der Waals surface area contributed by atoms with Crippen molar-refractivity contribution in [3.8, 4) is 0 Å². The van der Waals surface area contributed by atoms with Crippen LogP contribution < -0.4 is 9.80 Å². The van der Waals surface area contributed by atoms with Gasteiger partial charge in [-0.15, -0.1) is 0 Å². The van der Waals surface area contributed by atoms with E-state index in [1.165, 1.54) is 6.42 Å². The van der Waals surface area contributed by atoms with Crippen LogP contribution in [0.2, 0.25) is 5.02 Å². The van der Waals surface area contributed by atoms with Crippen molar-refractivity contribution >= 4 is 34.9 Å². The molecule has 5 heterocycles. The summed E-state index contributed by atoms with van der Waals surface area (Å²) in [7, 11) is 0. The number of piperazine rings is 1. The Labute approximate surface area is 211 Å². The molecule has 8 heteroatoms. The molecular formula is C27H32ClN5O2. The Morgan fingerprint density at radius 2 is 1.86 bits per heavy atom. The first-order chi connectivity index (χ1) is 17.0. The number of amides is 2. The summed E-state index contributed by atoms with van der Waals surface area (Å²) in [5, 5.41) is 0.731. The first-order valence-corrected chi connectivity index (χ1v) is 13.2. The molecule has 0 aliphatic carbocycles. The predicted molar refractivity (Wildman–Crippen MR) is 137 cm³/mol. The molecule has 35 heavy (non-hydrogen) atoms. The first-order valence-electron chi connectivity index (χ1n) is 12.9. The average Bonchev–Trinajstić information content (AvgIpc) is 2.89. The molecule has 6 rings (SSSR count). The molecule has 7 nitrogen and oxygen atoms in total. The Morgan fingerprint density at radius 3 is 2.63 bits per heavy atom. The van der Waals surface area contributed by atoms with Gasteiger partial charge in [0.2, 0.25) is 5.91 Å². The monoisotopic (exact) mass is 493 g/mol. The smallest absolute Gasteiger partial charge is 0.255 e. The summed E-state index contributed by atoms with van der Waals surface area (Å²) in [5.41, 5.74) is 1.74. The van der Waals surface area contributed by atoms with Crippen LogP contribution in [0.1, 0.15) is 36.0 Å². The van der Waals surface area contributed by atoms with E-state index >= 15 is 0 Å². The zero-order chi connectivity index (χ0) is 23.9. The number of pyridine rings is 1. The molecule has 4 saturated heterocycles. The number of carbonyl (C=O) groups is 2. The average molecular weight is 494 g/mol. The Morgan fingerprint density at radius 1 is 1.00 bits per heavy atom. The highest BCUT2D eigenvalue weighted by Gasteiger charge is 2.44. The lowest BCUT2D eigenvalue weighted by atomic mass is 9.76. The SMILES string of the molecule is O=C(c1ccc(N2CC3CC(C2)[C@H]2CCCC(=O)N2C3)nc1)N1CCN(c2cccc(Cl)c2)CC1. The molecule has 0 N–H and O–H groups in total. The molecule has 2 bridgehead atoms. The topological polar surface area (TPSA) is 60.0 Å². The Bertz CT molecular complexity index is 1100. The van der Waals surface area contributed by atoms with Crippen LogP contribution in [0, 0.1) is 11.8 Å². The molecule has 0 spiro atoms. The minimum Gasteiger partial charge on any atom is -0.368 e. The number of hydrogen-bond donors (Lipinski definition) is 0. The Hall–Kier alpha value is -2.80. The lowest BCUT2D eigenvalue weighted by Gasteiger charge is -2.52. The summed E-state index contributed by atoms with van der Waals surface area (Å²) >= 11 is 6.14. The fourth-order valence-electron chi connectivity index (χ4n) is 6.52. The lowest BCUT2D eigenvalue weighted by molar-refractivity contribution is -0.142. The van der Waals surface area contributed by atoms with E-state index in [1.807, 2.05) is 35.2 Å². The Kier molecular flexibility index (Phi) is 6.04. The normalized spacial score (nSPS) is 26.5. The summed E-state index contributed by atoms with van der Waals surface area (Å²) in [6.45, 7) is 5.69. The standard InChI is InChI=1S/C27H32ClN5O2/c28-22-3-1-4-23(14-22)30-9-11-31(12-10-30)27(35)20-7-8-25(29-15-20)32-16-19-13-21(18-32)24-5-2-6-26(34)33(24)17-19/h1,3-4,7-8,14-15,19,21,24H,2,5-6,9-13,16-18H2/t19?,21?,24-/m1/s1. The van der Waals surface area contributed by atoms with Crippen LogP contribution in [0.3, 0.4) is 0 Å². The van der Waals surface area contributed by atoms with Gasteiger partial charge in [0, 0.05) is 75.2 Å². The van der Waals surface area contributed by atoms with Gasteiger partial charge in [-0.25, -0.2) is 4.98 Å². The van der Waals surface area contributed by atoms with Gasteiger partial charge in [-0.1, -0.05) is 17.7 Å². The van der Waals surface area contributed by atoms with Gasteiger partial charge >= 0.3 is 0 Å². The lowest BCUT2D eigenvalue weighted by Crippen LogP contribution is -2.60. The van der Waals surface area contributed by atoms with Crippen molar-refractivity contribution in [2.24, 2.45) is 11.8 Å². The third-order valence-corrected chi connectivity index (χ3v) is 8.47. The second-order valence-corrected chi connectivity index (χ2v) is 10.9. The van der Waals surface area contributed by atoms with Gasteiger partial charge in [0.05, 0.1) is 5.56 Å². The molecule has 184 valence electrons. The maximum atomic E-state index is 13.1. The molecule has 2 amide bonds. The van der Waals surface area contributed by atoms with E-state index in [-0.39, 0.29) is 5.91 Å². The number of halogens is 1. The van der Waals surface area contributed by atoms with E-state index in [1.54, 1.807) is 6.20 Å². The zero-order valence-corrected chi connectivity index (χ0v) is 20.7. The molecule has 2 unspecified atom stereocenters. The van der Waals surface area contributed by atoms with Gasteiger partial charge in [0.15, 0.2) is 0 Å². The van der Waals surface area contributed by atoms with E-state index in [0.717, 1.165) is 62.1 Å². The Balaban J connectivity index is 1.08. The molecule has 2 aromatic rings. The van der Waals surface area contributed by atoms with Crippen molar-refractivity contribution in [1.29, 1.82) is 0 Å². The molecular weight excluding hydrogens is 462 g/mol. The predicted octanol–water partition coefficient (Wildman–Crippen LogP) is 3.53. The van der Waals surface area contributed by atoms with Crippen LogP contribution in [0.5, 0.6) is 0 Å². The molecule has 0 saturated carbocycles. The summed E-state index contributed by atoms with van der Waals surface area (Å²) < 4.78 is 0. The number of aromatic nitrogens is 1. The maximum Gasteiger partial charge on any atom is 0.255 e. The van der Waals surface area contributed by atoms with Crippen LogP contribution in [-0.4, -0.2) is 78.5 Å². The number of piperidine rings is 3. The number of benzene rings is 1. The highest BCUT2D eigenvalue weighted by Crippen LogP contribution is 2.39. The number of hydrogen-bond acceptors (Lipinski definition) is 5. The second kappa shape index (κ2) is 9.34. The first kappa shape index (κ1) is 22.7. The minimum absolute atomic E-state index is 0.0432. The summed E-state index contributed by atoms with van der Waals surface area (Å²) in [6, 6.07) is 12.2. The van der Waals surface area contributed by atoms with Crippen LogP contribution in [-0.2, 0) is 4.79 Å². The highest BCUT2D eigenvalue weighted by atomic mass is 35.5. The zero-order valence-electron chi connectivity index (χ0n) is 20.0. The van der Waals surface area contributed by atoms with Crippen LogP contribution in [0.15, 0.2) is 42.6 Å². The molecule has 4 aliphatic rings. The molecule has 1 aromatic heterocycles. The summed E-state index contributed by atoms with van der Waals surface area (Å²) in [6.07, 6.45) is 5.81. The molecule has 4 aliphatic heterocycles. The largest absolute Gasteiger partial charge is 0.368 e. The molecule has 1 aromatic carbocycles. The number of anilines is 2. The van der Waals surface area contributed by atoms with E-state index < -0.39 is 0 Å². The number of fused-ring (bicyclic) bond motifs is 4. The fraction of sp³-hybridized carbons (Fsp3) is 0.519. The van der Waals surface area contributed by atoms with Gasteiger partial charge in [0.25, 0.3) is 5.91 Å². The van der Waals surface area contributed by atoms with Gasteiger partial charge in [-0.3, -0.25) is 9.59 Å². The van der Waals surface area contributed by atoms with Crippen LogP contribution >= 0.6 is 11.6 Å². The van der Waals surface area contributed by atoms with Crippen molar-refractivity contribution in [2.45, 2.75) is 31.7 Å². The van der Waals surface area contributed by atoms with Gasteiger partial charge in [-0.2, -0.15) is 0 Å². The number of carbonyl (C=O) groups excluding carboxylic acids is 2. The van der Waals surface area contributed by atoms with Crippen molar-refractivity contribution in [1.82, 2.24) is 14.8 Å². The van der Waals surface area contributed by atoms with Crippen LogP contribution in [0.4, 0.5) is 11.5 Å². The van der Waals surface area contributed by atoms with E-state index in [9.17, 15) is 9.59 Å². The summed E-state index contributed by atoms with van der Waals surface area (Å²) in [4.78, 5) is 39.0. The molecule has 3 atom stereocenters. The van der Waals surface area contributed by atoms with Crippen molar-refractivity contribution in [2.75, 3.05) is 55.6 Å². The third kappa shape index (κ3) is 4.46. The highest BCUT2D eigenvalue weighted by molar-refractivity contribution is 6.30. The van der Waals surface area contributed by atoms with E-state index in [0.29, 0.717) is 48.9 Å². The van der Waals surface area contributed by atoms with Gasteiger partial charge in [0.1, 0.15) is 5.82 Å². The van der Waals surface area contributed by atoms with Crippen molar-refractivity contribution in [3.63, 3.8) is 0 Å². The summed E-state index contributed by atoms with van der Waals surface area (Å²) in [5.74, 6) is 2.36. The molecule has 4 fully saturated rings. The van der Waals surface area contributed by atoms with Crippen molar-refractivity contribution < 1.29 is 9.59 Å². The van der Waals surface area contributed by atoms with Gasteiger partial charge in [-0.05, 0) is 61.4 Å². The fourth-order valence-corrected chi connectivity index (χ4v) is 6.70. The van der Waals surface area contributed by atoms with Crippen LogP contribution in [0.25, 0.3) is 0 Å². The quantitative estimate of drug-likeness (QED) is 0.654. The molecule has 0 radical (unpaired) electrons. The number of rotatable bonds is 3. The van der Waals surface area contributed by atoms with E-state index in [4.69, 9.17) is 16.6 Å². The van der Waals surface area contributed by atoms with Gasteiger partial charge < -0.3 is 19.6 Å². The van der Waals surface area contributed by atoms with E-state index in [2.05, 4.69) is 20.8 Å². The maximum absolute atomic E-state index is 13.1. The second-order valence-electron chi connectivity index (χ2n) is 10.4. The number of nitrogens with zero attached hydrogens (tertiary/aromatic N) is 5. The van der Waals surface area contributed by atoms with Crippen molar-refractivity contribution in [3.05, 3.63) is 53.2 Å². The minimum atomic E-state index is 0.0432.